The van der Waals surface area contributed by atoms with Gasteiger partial charge in [-0.15, -0.1) is 0 Å². The highest BCUT2D eigenvalue weighted by atomic mass is 35.5. The van der Waals surface area contributed by atoms with E-state index in [4.69, 9.17) is 32.7 Å². The molecule has 5 heterocycles. The van der Waals surface area contributed by atoms with Crippen molar-refractivity contribution in [3.05, 3.63) is 63.4 Å². The monoisotopic (exact) mass is 655 g/mol. The number of nitrogens with one attached hydrogen (secondary N) is 2. The Bertz CT molecular complexity index is 1570. The maximum atomic E-state index is 13.6. The van der Waals surface area contributed by atoms with Gasteiger partial charge in [0.2, 0.25) is 11.9 Å². The largest absolute Gasteiger partial charge is 0.394 e. The number of halogens is 2. The van der Waals surface area contributed by atoms with Crippen molar-refractivity contribution in [2.24, 2.45) is 0 Å². The molecule has 2 fully saturated rings. The van der Waals surface area contributed by atoms with Gasteiger partial charge in [-0.1, -0.05) is 35.3 Å². The lowest BCUT2D eigenvalue weighted by molar-refractivity contribution is -0.126. The van der Waals surface area contributed by atoms with Gasteiger partial charge in [0.25, 0.3) is 5.91 Å². The summed E-state index contributed by atoms with van der Waals surface area (Å²) in [6, 6.07) is 7.51. The molecule has 1 aromatic carbocycles. The van der Waals surface area contributed by atoms with Crippen LogP contribution < -0.4 is 15.5 Å². The Labute approximate surface area is 271 Å². The van der Waals surface area contributed by atoms with Gasteiger partial charge in [0.1, 0.15) is 11.9 Å². The number of rotatable bonds is 9. The Balaban J connectivity index is 1.15. The molecular weight excluding hydrogens is 621 g/mol. The smallest absolute Gasteiger partial charge is 0.255 e. The summed E-state index contributed by atoms with van der Waals surface area (Å²) in [4.78, 5) is 44.2. The molecule has 45 heavy (non-hydrogen) atoms. The minimum absolute atomic E-state index is 0.210. The molecule has 2 atom stereocenters. The second-order valence-electron chi connectivity index (χ2n) is 11.3. The predicted octanol–water partition coefficient (Wildman–Crippen LogP) is 3.47. The fraction of sp³-hybridized carbons (Fsp3) is 0.452. The third kappa shape index (κ3) is 6.85. The number of anilines is 2. The van der Waals surface area contributed by atoms with Crippen molar-refractivity contribution in [1.29, 1.82) is 0 Å². The van der Waals surface area contributed by atoms with E-state index < -0.39 is 24.6 Å². The van der Waals surface area contributed by atoms with Crippen molar-refractivity contribution in [1.82, 2.24) is 25.2 Å². The minimum Gasteiger partial charge on any atom is -0.394 e. The Morgan fingerprint density at radius 2 is 1.82 bits per heavy atom. The average molecular weight is 657 g/mol. The number of benzene rings is 1. The summed E-state index contributed by atoms with van der Waals surface area (Å²) >= 11 is 13.0. The van der Waals surface area contributed by atoms with Crippen LogP contribution in [0.1, 0.15) is 47.4 Å². The summed E-state index contributed by atoms with van der Waals surface area (Å²) in [5, 5.41) is 17.1. The number of carbonyl (C=O) groups excluding carboxylic acids is 2. The summed E-state index contributed by atoms with van der Waals surface area (Å²) in [7, 11) is 0. The van der Waals surface area contributed by atoms with Crippen molar-refractivity contribution >= 4 is 46.8 Å². The Morgan fingerprint density at radius 1 is 1.07 bits per heavy atom. The van der Waals surface area contributed by atoms with Crippen LogP contribution in [0.2, 0.25) is 10.0 Å². The van der Waals surface area contributed by atoms with E-state index in [1.165, 1.54) is 4.90 Å². The summed E-state index contributed by atoms with van der Waals surface area (Å²) in [6.45, 7) is 5.40. The van der Waals surface area contributed by atoms with Gasteiger partial charge in [0.15, 0.2) is 0 Å². The van der Waals surface area contributed by atoms with Crippen LogP contribution in [0.4, 0.5) is 11.8 Å². The number of aliphatic hydroxyl groups is 1. The number of nitrogens with zero attached hydrogens (tertiary/aromatic N) is 5. The predicted molar refractivity (Wildman–Crippen MR) is 170 cm³/mol. The molecule has 2 unspecified atom stereocenters. The number of morpholine rings is 1. The number of hydrogen-bond acceptors (Lipinski definition) is 10. The zero-order valence-electron chi connectivity index (χ0n) is 24.8. The van der Waals surface area contributed by atoms with Gasteiger partial charge >= 0.3 is 0 Å². The van der Waals surface area contributed by atoms with Gasteiger partial charge in [-0.2, -0.15) is 0 Å². The SMILES string of the molecule is CC(C(=O)NC(CO)c1nc(N2CCOCC2)ccc1Cl)N1Cc2ccc(-c3nc(NC4CCOCC4)ncc3Cl)cc2C1=O. The number of ether oxygens (including phenoxy) is 2. The normalized spacial score (nSPS) is 18.4. The molecule has 2 amide bonds. The molecule has 14 heteroatoms. The first-order valence-electron chi connectivity index (χ1n) is 15.0. The Hall–Kier alpha value is -3.55. The molecule has 2 aromatic heterocycles. The van der Waals surface area contributed by atoms with Crippen LogP contribution in [-0.4, -0.2) is 95.0 Å². The maximum absolute atomic E-state index is 13.6. The Kier molecular flexibility index (Phi) is 9.67. The number of carbonyl (C=O) groups is 2. The standard InChI is InChI=1S/C31H35Cl2N7O5/c1-18(29(42)36-25(17-41)28-23(32)4-5-26(37-28)39-8-12-45-13-9-39)40-16-20-3-2-19(14-22(20)30(40)43)27-24(33)15-34-31(38-27)35-21-6-10-44-11-7-21/h2-5,14-15,18,21,25,41H,6-13,16-17H2,1H3,(H,36,42)(H,34,35,38). The minimum atomic E-state index is -0.857. The van der Waals surface area contributed by atoms with E-state index in [9.17, 15) is 14.7 Å². The highest BCUT2D eigenvalue weighted by Gasteiger charge is 2.35. The summed E-state index contributed by atoms with van der Waals surface area (Å²) < 4.78 is 10.9. The van der Waals surface area contributed by atoms with Crippen LogP contribution in [0.15, 0.2) is 36.5 Å². The molecule has 12 nitrogen and oxygen atoms in total. The van der Waals surface area contributed by atoms with Gasteiger partial charge in [-0.3, -0.25) is 9.59 Å². The zero-order chi connectivity index (χ0) is 31.5. The number of aliphatic hydroxyl groups excluding tert-OH is 1. The number of hydrogen-bond donors (Lipinski definition) is 3. The molecule has 6 rings (SSSR count). The number of fused-ring (bicyclic) bond motifs is 1. The third-order valence-corrected chi connectivity index (χ3v) is 8.98. The van der Waals surface area contributed by atoms with Gasteiger partial charge in [-0.25, -0.2) is 15.0 Å². The summed E-state index contributed by atoms with van der Waals surface area (Å²) in [5.41, 5.74) is 2.80. The lowest BCUT2D eigenvalue weighted by atomic mass is 10.0. The molecule has 3 aliphatic rings. The molecular formula is C31H35Cl2N7O5. The van der Waals surface area contributed by atoms with E-state index in [1.807, 2.05) is 18.2 Å². The maximum Gasteiger partial charge on any atom is 0.255 e. The molecule has 3 aromatic rings. The van der Waals surface area contributed by atoms with E-state index in [2.05, 4.69) is 30.5 Å². The first kappa shape index (κ1) is 31.4. The van der Waals surface area contributed by atoms with Crippen molar-refractivity contribution in [2.45, 2.75) is 44.4 Å². The lowest BCUT2D eigenvalue weighted by Gasteiger charge is -2.29. The molecule has 0 aliphatic carbocycles. The van der Waals surface area contributed by atoms with Crippen molar-refractivity contribution in [2.75, 3.05) is 56.3 Å². The second kappa shape index (κ2) is 13.8. The average Bonchev–Trinajstić information content (AvgIpc) is 3.40. The fourth-order valence-corrected chi connectivity index (χ4v) is 6.18. The van der Waals surface area contributed by atoms with E-state index >= 15 is 0 Å². The van der Waals surface area contributed by atoms with Gasteiger partial charge < -0.3 is 35.0 Å². The van der Waals surface area contributed by atoms with E-state index in [-0.39, 0.29) is 18.5 Å². The number of amides is 2. The van der Waals surface area contributed by atoms with Crippen LogP contribution in [0.3, 0.4) is 0 Å². The highest BCUT2D eigenvalue weighted by Crippen LogP contribution is 2.33. The topological polar surface area (TPSA) is 142 Å². The highest BCUT2D eigenvalue weighted by molar-refractivity contribution is 6.33. The molecule has 0 bridgehead atoms. The van der Waals surface area contributed by atoms with E-state index in [0.717, 1.165) is 18.4 Å². The first-order chi connectivity index (χ1) is 21.8. The van der Waals surface area contributed by atoms with Crippen molar-refractivity contribution in [3.8, 4) is 11.3 Å². The molecule has 0 spiro atoms. The number of aromatic nitrogens is 3. The molecule has 238 valence electrons. The third-order valence-electron chi connectivity index (χ3n) is 8.38. The van der Waals surface area contributed by atoms with Crippen LogP contribution in [0, 0.1) is 0 Å². The van der Waals surface area contributed by atoms with E-state index in [0.29, 0.717) is 83.8 Å². The van der Waals surface area contributed by atoms with Crippen molar-refractivity contribution < 1.29 is 24.2 Å². The van der Waals surface area contributed by atoms with Crippen LogP contribution in [-0.2, 0) is 20.8 Å². The van der Waals surface area contributed by atoms with Crippen LogP contribution in [0.25, 0.3) is 11.3 Å². The van der Waals surface area contributed by atoms with Crippen LogP contribution >= 0.6 is 23.2 Å². The molecule has 3 aliphatic heterocycles. The molecule has 3 N–H and O–H groups in total. The second-order valence-corrected chi connectivity index (χ2v) is 12.1. The van der Waals surface area contributed by atoms with E-state index in [1.54, 1.807) is 25.3 Å². The summed E-state index contributed by atoms with van der Waals surface area (Å²) in [6.07, 6.45) is 3.27. The lowest BCUT2D eigenvalue weighted by Crippen LogP contribution is -2.47. The first-order valence-corrected chi connectivity index (χ1v) is 15.8. The Morgan fingerprint density at radius 3 is 2.58 bits per heavy atom. The van der Waals surface area contributed by atoms with Gasteiger partial charge in [-0.05, 0) is 43.5 Å². The van der Waals surface area contributed by atoms with Crippen LogP contribution in [0.5, 0.6) is 0 Å². The van der Waals surface area contributed by atoms with Gasteiger partial charge in [0.05, 0.1) is 53.5 Å². The molecule has 0 saturated carbocycles. The summed E-state index contributed by atoms with van der Waals surface area (Å²) in [5.74, 6) is 0.428. The van der Waals surface area contributed by atoms with Crippen molar-refractivity contribution in [3.63, 3.8) is 0 Å². The quantitative estimate of drug-likeness (QED) is 0.314. The molecule has 2 saturated heterocycles. The van der Waals surface area contributed by atoms with Gasteiger partial charge in [0, 0.05) is 50.0 Å². The zero-order valence-corrected chi connectivity index (χ0v) is 26.4. The number of pyridine rings is 1. The molecule has 0 radical (unpaired) electrons. The fourth-order valence-electron chi connectivity index (χ4n) is 5.74.